The Kier molecular flexibility index (Phi) is 6.87. The highest BCUT2D eigenvalue weighted by atomic mass is 32.2. The Morgan fingerprint density at radius 1 is 1.10 bits per heavy atom. The second-order valence-corrected chi connectivity index (χ2v) is 10.1. The number of ether oxygens (including phenoxy) is 1. The number of hydrogen-bond donors (Lipinski definition) is 0. The fourth-order valence-corrected chi connectivity index (χ4v) is 5.85. The molecule has 4 nitrogen and oxygen atoms in total. The van der Waals surface area contributed by atoms with Gasteiger partial charge in [0.15, 0.2) is 0 Å². The van der Waals surface area contributed by atoms with Crippen molar-refractivity contribution in [3.05, 3.63) is 46.1 Å². The predicted octanol–water partition coefficient (Wildman–Crippen LogP) is 6.89. The normalized spacial score (nSPS) is 19.7. The van der Waals surface area contributed by atoms with E-state index in [1.807, 2.05) is 43.0 Å². The molecule has 1 aromatic heterocycles. The minimum atomic E-state index is 0.0231. The summed E-state index contributed by atoms with van der Waals surface area (Å²) in [6.45, 7) is 4.06. The molecule has 1 aliphatic heterocycles. The van der Waals surface area contributed by atoms with Gasteiger partial charge in [-0.05, 0) is 62.1 Å². The first-order valence-electron chi connectivity index (χ1n) is 11.0. The van der Waals surface area contributed by atoms with Crippen molar-refractivity contribution in [3.8, 4) is 17.1 Å². The van der Waals surface area contributed by atoms with Gasteiger partial charge in [-0.1, -0.05) is 56.1 Å². The Bertz CT molecular complexity index is 1020. The van der Waals surface area contributed by atoms with Crippen LogP contribution in [0.1, 0.15) is 61.8 Å². The molecule has 164 valence electrons. The van der Waals surface area contributed by atoms with E-state index in [-0.39, 0.29) is 11.9 Å². The summed E-state index contributed by atoms with van der Waals surface area (Å²) >= 11 is 6.98. The molecule has 2 fully saturated rings. The number of thiocarbonyl (C=S) groups is 1. The molecule has 2 aliphatic rings. The van der Waals surface area contributed by atoms with Crippen LogP contribution in [-0.2, 0) is 4.79 Å². The van der Waals surface area contributed by atoms with Crippen LogP contribution in [0.3, 0.4) is 0 Å². The Morgan fingerprint density at radius 3 is 2.52 bits per heavy atom. The topological polar surface area (TPSA) is 42.7 Å². The SMILES string of the molecule is COc1cc(C)c(-c2ccc(/C=C3\SC(=S)N(C4CCCCCCC4)C3=O)o2)cc1C. The molecular formula is C25H29NO3S2. The number of benzene rings is 1. The van der Waals surface area contributed by atoms with Crippen LogP contribution in [0.4, 0.5) is 0 Å². The number of thioether (sulfide) groups is 1. The summed E-state index contributed by atoms with van der Waals surface area (Å²) in [6, 6.07) is 8.19. The molecule has 1 saturated carbocycles. The summed E-state index contributed by atoms with van der Waals surface area (Å²) in [6.07, 6.45) is 10.1. The lowest BCUT2D eigenvalue weighted by Crippen LogP contribution is -2.39. The molecule has 0 N–H and O–H groups in total. The number of carbonyl (C=O) groups is 1. The average Bonchev–Trinajstić information content (AvgIpc) is 3.28. The lowest BCUT2D eigenvalue weighted by Gasteiger charge is -2.28. The number of amides is 1. The third-order valence-corrected chi connectivity index (χ3v) is 7.50. The highest BCUT2D eigenvalue weighted by Gasteiger charge is 2.37. The maximum absolute atomic E-state index is 13.2. The molecule has 1 saturated heterocycles. The van der Waals surface area contributed by atoms with E-state index in [4.69, 9.17) is 21.4 Å². The highest BCUT2D eigenvalue weighted by molar-refractivity contribution is 8.26. The van der Waals surface area contributed by atoms with Gasteiger partial charge in [0.2, 0.25) is 0 Å². The minimum absolute atomic E-state index is 0.0231. The van der Waals surface area contributed by atoms with Gasteiger partial charge in [-0.15, -0.1) is 0 Å². The molecular weight excluding hydrogens is 426 g/mol. The van der Waals surface area contributed by atoms with E-state index < -0.39 is 0 Å². The summed E-state index contributed by atoms with van der Waals surface area (Å²) in [5.41, 5.74) is 3.17. The third kappa shape index (κ3) is 4.75. The van der Waals surface area contributed by atoms with E-state index in [1.54, 1.807) is 7.11 Å². The van der Waals surface area contributed by atoms with Gasteiger partial charge in [0.25, 0.3) is 5.91 Å². The van der Waals surface area contributed by atoms with E-state index in [2.05, 4.69) is 6.07 Å². The van der Waals surface area contributed by atoms with Gasteiger partial charge in [-0.3, -0.25) is 9.69 Å². The Morgan fingerprint density at radius 2 is 1.81 bits per heavy atom. The van der Waals surface area contributed by atoms with E-state index >= 15 is 0 Å². The quantitative estimate of drug-likeness (QED) is 0.371. The molecule has 31 heavy (non-hydrogen) atoms. The van der Waals surface area contributed by atoms with Crippen LogP contribution in [0, 0.1) is 13.8 Å². The van der Waals surface area contributed by atoms with E-state index in [0.29, 0.717) is 15.0 Å². The second-order valence-electron chi connectivity index (χ2n) is 8.39. The van der Waals surface area contributed by atoms with Gasteiger partial charge >= 0.3 is 0 Å². The number of aryl methyl sites for hydroxylation is 2. The number of rotatable bonds is 4. The first kappa shape index (κ1) is 22.2. The number of furan rings is 1. The van der Waals surface area contributed by atoms with Gasteiger partial charge in [-0.2, -0.15) is 0 Å². The van der Waals surface area contributed by atoms with Gasteiger partial charge in [0.1, 0.15) is 21.6 Å². The maximum Gasteiger partial charge on any atom is 0.266 e. The van der Waals surface area contributed by atoms with E-state index in [9.17, 15) is 4.79 Å². The summed E-state index contributed by atoms with van der Waals surface area (Å²) in [5, 5.41) is 0. The summed E-state index contributed by atoms with van der Waals surface area (Å²) < 4.78 is 12.2. The highest BCUT2D eigenvalue weighted by Crippen LogP contribution is 2.38. The average molecular weight is 456 g/mol. The lowest BCUT2D eigenvalue weighted by atomic mass is 9.96. The van der Waals surface area contributed by atoms with Gasteiger partial charge in [0.05, 0.1) is 12.0 Å². The van der Waals surface area contributed by atoms with Gasteiger partial charge in [0, 0.05) is 17.7 Å². The zero-order valence-corrected chi connectivity index (χ0v) is 20.0. The molecule has 4 rings (SSSR count). The Hall–Kier alpha value is -2.05. The summed E-state index contributed by atoms with van der Waals surface area (Å²) in [5.74, 6) is 2.34. The molecule has 2 aromatic rings. The molecule has 6 heteroatoms. The van der Waals surface area contributed by atoms with Crippen LogP contribution in [0.5, 0.6) is 5.75 Å². The first-order chi connectivity index (χ1) is 15.0. The second kappa shape index (κ2) is 9.61. The van der Waals surface area contributed by atoms with Crippen LogP contribution in [0.2, 0.25) is 0 Å². The first-order valence-corrected chi connectivity index (χ1v) is 12.2. The van der Waals surface area contributed by atoms with E-state index in [1.165, 1.54) is 43.9 Å². The van der Waals surface area contributed by atoms with Crippen molar-refractivity contribution in [2.75, 3.05) is 7.11 Å². The Balaban J connectivity index is 1.55. The molecule has 1 amide bonds. The number of hydrogen-bond acceptors (Lipinski definition) is 5. The zero-order chi connectivity index (χ0) is 22.0. The predicted molar refractivity (Wildman–Crippen MR) is 131 cm³/mol. The summed E-state index contributed by atoms with van der Waals surface area (Å²) in [7, 11) is 1.68. The molecule has 0 radical (unpaired) electrons. The number of carbonyl (C=O) groups excluding carboxylic acids is 1. The van der Waals surface area contributed by atoms with E-state index in [0.717, 1.165) is 41.0 Å². The fraction of sp³-hybridized carbons (Fsp3) is 0.440. The van der Waals surface area contributed by atoms with Crippen molar-refractivity contribution in [1.29, 1.82) is 0 Å². The monoisotopic (exact) mass is 455 g/mol. The lowest BCUT2D eigenvalue weighted by molar-refractivity contribution is -0.123. The van der Waals surface area contributed by atoms with Crippen molar-refractivity contribution in [2.24, 2.45) is 0 Å². The van der Waals surface area contributed by atoms with Crippen LogP contribution in [-0.4, -0.2) is 28.3 Å². The van der Waals surface area contributed by atoms with Crippen LogP contribution in [0.15, 0.2) is 33.6 Å². The summed E-state index contributed by atoms with van der Waals surface area (Å²) in [4.78, 5) is 15.7. The van der Waals surface area contributed by atoms with Crippen LogP contribution < -0.4 is 4.74 Å². The standard InChI is InChI=1S/C25H29NO3S2/c1-16-14-22(28-3)17(2)13-20(16)21-12-11-19(29-21)15-23-24(27)26(25(30)31-23)18-9-7-5-4-6-8-10-18/h11-15,18H,4-10H2,1-3H3/b23-15-. The van der Waals surface area contributed by atoms with Crippen molar-refractivity contribution >= 4 is 40.3 Å². The fourth-order valence-electron chi connectivity index (χ4n) is 4.47. The van der Waals surface area contributed by atoms with Crippen LogP contribution >= 0.6 is 24.0 Å². The molecule has 0 spiro atoms. The minimum Gasteiger partial charge on any atom is -0.496 e. The third-order valence-electron chi connectivity index (χ3n) is 6.17. The molecule has 0 unspecified atom stereocenters. The maximum atomic E-state index is 13.2. The zero-order valence-electron chi connectivity index (χ0n) is 18.4. The molecule has 2 heterocycles. The van der Waals surface area contributed by atoms with Crippen molar-refractivity contribution in [3.63, 3.8) is 0 Å². The molecule has 0 atom stereocenters. The van der Waals surface area contributed by atoms with Gasteiger partial charge in [-0.25, -0.2) is 0 Å². The van der Waals surface area contributed by atoms with Crippen LogP contribution in [0.25, 0.3) is 17.4 Å². The number of nitrogens with zero attached hydrogens (tertiary/aromatic N) is 1. The molecule has 1 aromatic carbocycles. The van der Waals surface area contributed by atoms with Crippen molar-refractivity contribution in [1.82, 2.24) is 4.90 Å². The Labute approximate surface area is 194 Å². The van der Waals surface area contributed by atoms with Gasteiger partial charge < -0.3 is 9.15 Å². The number of methoxy groups -OCH3 is 1. The smallest absolute Gasteiger partial charge is 0.266 e. The molecule has 1 aliphatic carbocycles. The van der Waals surface area contributed by atoms with Crippen molar-refractivity contribution in [2.45, 2.75) is 64.8 Å². The largest absolute Gasteiger partial charge is 0.496 e. The molecule has 0 bridgehead atoms. The van der Waals surface area contributed by atoms with Crippen molar-refractivity contribution < 1.29 is 13.9 Å².